The minimum absolute atomic E-state index is 0.0756. The van der Waals surface area contributed by atoms with Gasteiger partial charge < -0.3 is 10.4 Å². The van der Waals surface area contributed by atoms with Gasteiger partial charge in [-0.1, -0.05) is 12.7 Å². The molecule has 11 heavy (non-hydrogen) atoms. The van der Waals surface area contributed by atoms with Crippen molar-refractivity contribution in [3.63, 3.8) is 0 Å². The summed E-state index contributed by atoms with van der Waals surface area (Å²) < 4.78 is 0. The van der Waals surface area contributed by atoms with E-state index >= 15 is 0 Å². The van der Waals surface area contributed by atoms with Crippen LogP contribution in [0.2, 0.25) is 0 Å². The topological polar surface area (TPSA) is 44.6 Å². The molecule has 3 nitrogen and oxygen atoms in total. The van der Waals surface area contributed by atoms with Gasteiger partial charge in [-0.15, -0.1) is 0 Å². The van der Waals surface area contributed by atoms with Gasteiger partial charge in [-0.25, -0.2) is 0 Å². The van der Waals surface area contributed by atoms with Crippen LogP contribution in [0.15, 0.2) is 29.6 Å². The third-order valence-electron chi connectivity index (χ3n) is 0.958. The molecule has 0 radical (unpaired) electrons. The van der Waals surface area contributed by atoms with Crippen LogP contribution in [0.1, 0.15) is 13.8 Å². The van der Waals surface area contributed by atoms with Crippen LogP contribution < -0.4 is 5.32 Å². The van der Waals surface area contributed by atoms with Crippen molar-refractivity contribution in [3.8, 4) is 0 Å². The van der Waals surface area contributed by atoms with E-state index in [2.05, 4.69) is 16.9 Å². The highest BCUT2D eigenvalue weighted by atomic mass is 16.3. The lowest BCUT2D eigenvalue weighted by Gasteiger charge is -1.98. The molecule has 0 saturated heterocycles. The highest BCUT2D eigenvalue weighted by molar-refractivity contribution is 5.80. The maximum atomic E-state index is 8.68. The zero-order valence-corrected chi connectivity index (χ0v) is 6.96. The van der Waals surface area contributed by atoms with E-state index in [0.717, 1.165) is 5.84 Å². The molecule has 0 unspecified atom stereocenters. The van der Waals surface area contributed by atoms with E-state index in [1.165, 1.54) is 0 Å². The van der Waals surface area contributed by atoms with Gasteiger partial charge in [0.25, 0.3) is 0 Å². The van der Waals surface area contributed by atoms with Crippen LogP contribution >= 0.6 is 0 Å². The lowest BCUT2D eigenvalue weighted by Crippen LogP contribution is -2.13. The predicted molar refractivity (Wildman–Crippen MR) is 47.7 cm³/mol. The van der Waals surface area contributed by atoms with Gasteiger partial charge in [-0.05, 0) is 20.0 Å². The molecule has 0 bridgehead atoms. The fraction of sp³-hybridized carbons (Fsp3) is 0.375. The van der Waals surface area contributed by atoms with Crippen molar-refractivity contribution in [2.75, 3.05) is 6.54 Å². The Labute approximate surface area is 67.2 Å². The lowest BCUT2D eigenvalue weighted by atomic mass is 10.5. The van der Waals surface area contributed by atoms with Crippen LogP contribution in [0.3, 0.4) is 0 Å². The van der Waals surface area contributed by atoms with Crippen LogP contribution in [0, 0.1) is 0 Å². The number of aliphatic imine (C=N–C) groups is 1. The Bertz CT molecular complexity index is 183. The monoisotopic (exact) mass is 154 g/mol. The van der Waals surface area contributed by atoms with Gasteiger partial charge in [-0.2, -0.15) is 0 Å². The standard InChI is InChI=1S/C8H14N2O/c1-4-5-9-8(3)10-6-7(2)11/h4-5,11H,2,6H2,1,3H3,(H,9,10)/b5-4-. The summed E-state index contributed by atoms with van der Waals surface area (Å²) in [6, 6.07) is 0. The first-order chi connectivity index (χ1) is 5.16. The molecule has 0 amide bonds. The Kier molecular flexibility index (Phi) is 4.90. The number of aliphatic hydroxyl groups excluding tert-OH is 1. The number of nitrogens with one attached hydrogen (secondary N) is 1. The number of aliphatic hydroxyl groups is 1. The van der Waals surface area contributed by atoms with Crippen molar-refractivity contribution < 1.29 is 5.11 Å². The van der Waals surface area contributed by atoms with Crippen LogP contribution in [0.5, 0.6) is 0 Å². The molecule has 0 rings (SSSR count). The van der Waals surface area contributed by atoms with E-state index in [4.69, 9.17) is 5.11 Å². The summed E-state index contributed by atoms with van der Waals surface area (Å²) in [6.45, 7) is 7.30. The second kappa shape index (κ2) is 5.53. The zero-order valence-electron chi connectivity index (χ0n) is 6.96. The fourth-order valence-electron chi connectivity index (χ4n) is 0.459. The fourth-order valence-corrected chi connectivity index (χ4v) is 0.459. The summed E-state index contributed by atoms with van der Waals surface area (Å²) in [5.41, 5.74) is 0. The summed E-state index contributed by atoms with van der Waals surface area (Å²) in [7, 11) is 0. The molecule has 0 saturated carbocycles. The average molecular weight is 154 g/mol. The first kappa shape index (κ1) is 9.75. The molecule has 2 N–H and O–H groups in total. The number of amidine groups is 1. The van der Waals surface area contributed by atoms with Gasteiger partial charge in [0.1, 0.15) is 5.76 Å². The highest BCUT2D eigenvalue weighted by Gasteiger charge is 1.86. The van der Waals surface area contributed by atoms with E-state index < -0.39 is 0 Å². The lowest BCUT2D eigenvalue weighted by molar-refractivity contribution is 0.407. The largest absolute Gasteiger partial charge is 0.511 e. The molecule has 0 aromatic rings. The van der Waals surface area contributed by atoms with Gasteiger partial charge in [0.2, 0.25) is 0 Å². The number of rotatable bonds is 3. The zero-order chi connectivity index (χ0) is 8.69. The van der Waals surface area contributed by atoms with E-state index in [9.17, 15) is 0 Å². The van der Waals surface area contributed by atoms with Crippen molar-refractivity contribution in [2.24, 2.45) is 4.99 Å². The maximum Gasteiger partial charge on any atom is 0.107 e. The minimum atomic E-state index is 0.0756. The minimum Gasteiger partial charge on any atom is -0.511 e. The van der Waals surface area contributed by atoms with E-state index in [-0.39, 0.29) is 12.3 Å². The van der Waals surface area contributed by atoms with Crippen molar-refractivity contribution in [3.05, 3.63) is 24.6 Å². The summed E-state index contributed by atoms with van der Waals surface area (Å²) in [5.74, 6) is 0.838. The Morgan fingerprint density at radius 1 is 1.73 bits per heavy atom. The molecule has 0 aromatic carbocycles. The van der Waals surface area contributed by atoms with Crippen molar-refractivity contribution in [1.29, 1.82) is 0 Å². The smallest absolute Gasteiger partial charge is 0.107 e. The number of hydrogen-bond acceptors (Lipinski definition) is 2. The molecular formula is C8H14N2O. The van der Waals surface area contributed by atoms with Gasteiger partial charge in [0.15, 0.2) is 0 Å². The number of nitrogens with zero attached hydrogens (tertiary/aromatic N) is 1. The van der Waals surface area contributed by atoms with Crippen molar-refractivity contribution >= 4 is 5.84 Å². The third-order valence-corrected chi connectivity index (χ3v) is 0.958. The van der Waals surface area contributed by atoms with Crippen LogP contribution in [0.25, 0.3) is 0 Å². The summed E-state index contributed by atoms with van der Waals surface area (Å²) in [5, 5.41) is 11.6. The summed E-state index contributed by atoms with van der Waals surface area (Å²) >= 11 is 0. The van der Waals surface area contributed by atoms with Crippen LogP contribution in [-0.2, 0) is 0 Å². The highest BCUT2D eigenvalue weighted by Crippen LogP contribution is 1.83. The maximum absolute atomic E-state index is 8.68. The molecule has 0 heterocycles. The van der Waals surface area contributed by atoms with Crippen LogP contribution in [0.4, 0.5) is 0 Å². The van der Waals surface area contributed by atoms with Gasteiger partial charge in [0.05, 0.1) is 12.4 Å². The molecule has 62 valence electrons. The van der Waals surface area contributed by atoms with E-state index in [1.54, 1.807) is 6.20 Å². The first-order valence-electron chi connectivity index (χ1n) is 3.42. The summed E-state index contributed by atoms with van der Waals surface area (Å²) in [4.78, 5) is 3.97. The second-order valence-corrected chi connectivity index (χ2v) is 2.11. The normalized spacial score (nSPS) is 12.0. The van der Waals surface area contributed by atoms with Crippen LogP contribution in [-0.4, -0.2) is 17.5 Å². The van der Waals surface area contributed by atoms with Crippen molar-refractivity contribution in [2.45, 2.75) is 13.8 Å². The first-order valence-corrected chi connectivity index (χ1v) is 3.42. The molecule has 0 aliphatic rings. The number of hydrogen-bond donors (Lipinski definition) is 2. The molecule has 0 atom stereocenters. The SMILES string of the molecule is C=C(O)CN=C(C)N/C=C\C. The molecule has 0 spiro atoms. The van der Waals surface area contributed by atoms with Gasteiger partial charge in [0, 0.05) is 0 Å². The van der Waals surface area contributed by atoms with E-state index in [1.807, 2.05) is 19.9 Å². The van der Waals surface area contributed by atoms with Gasteiger partial charge in [-0.3, -0.25) is 4.99 Å². The molecule has 0 aliphatic heterocycles. The third kappa shape index (κ3) is 6.64. The Morgan fingerprint density at radius 3 is 2.82 bits per heavy atom. The molecular weight excluding hydrogens is 140 g/mol. The Balaban J connectivity index is 3.71. The molecule has 0 fully saturated rings. The summed E-state index contributed by atoms with van der Waals surface area (Å²) in [6.07, 6.45) is 3.64. The number of allylic oxidation sites excluding steroid dienone is 1. The second-order valence-electron chi connectivity index (χ2n) is 2.11. The molecule has 0 aliphatic carbocycles. The quantitative estimate of drug-likeness (QED) is 0.368. The Hall–Kier alpha value is -1.25. The Morgan fingerprint density at radius 2 is 2.36 bits per heavy atom. The van der Waals surface area contributed by atoms with E-state index in [0.29, 0.717) is 0 Å². The predicted octanol–water partition coefficient (Wildman–Crippen LogP) is 1.60. The molecule has 3 heteroatoms. The molecule has 0 aromatic heterocycles. The van der Waals surface area contributed by atoms with Crippen molar-refractivity contribution in [1.82, 2.24) is 5.32 Å². The average Bonchev–Trinajstić information content (AvgIpc) is 1.97. The van der Waals surface area contributed by atoms with Gasteiger partial charge >= 0.3 is 0 Å².